The number of β-amino-alcohol motifs (C(OH)–C–C–N with tert-alkyl or cyclic N) is 1. The molecule has 2 saturated heterocycles. The van der Waals surface area contributed by atoms with Crippen LogP contribution in [0.25, 0.3) is 44.6 Å². The highest BCUT2D eigenvalue weighted by Crippen LogP contribution is 2.37. The highest BCUT2D eigenvalue weighted by molar-refractivity contribution is 5.91. The summed E-state index contributed by atoms with van der Waals surface area (Å²) in [4.78, 5) is 34.4. The van der Waals surface area contributed by atoms with Crippen molar-refractivity contribution in [3.63, 3.8) is 0 Å². The van der Waals surface area contributed by atoms with Gasteiger partial charge in [-0.05, 0) is 85.3 Å². The van der Waals surface area contributed by atoms with E-state index in [0.717, 1.165) is 69.5 Å². The van der Waals surface area contributed by atoms with Crippen LogP contribution in [0.2, 0.25) is 0 Å². The maximum absolute atomic E-state index is 15.6. The van der Waals surface area contributed by atoms with E-state index in [2.05, 4.69) is 50.2 Å². The lowest BCUT2D eigenvalue weighted by molar-refractivity contribution is -0.141. The second kappa shape index (κ2) is 14.7. The summed E-state index contributed by atoms with van der Waals surface area (Å²) in [6, 6.07) is 16.1. The number of halogens is 1. The molecule has 54 heavy (non-hydrogen) atoms. The van der Waals surface area contributed by atoms with Gasteiger partial charge in [-0.25, -0.2) is 14.4 Å². The fraction of sp³-hybridized carbons (Fsp3) is 0.341. The van der Waals surface area contributed by atoms with Crippen molar-refractivity contribution < 1.29 is 23.8 Å². The predicted molar refractivity (Wildman–Crippen MR) is 205 cm³/mol. The summed E-state index contributed by atoms with van der Waals surface area (Å²) < 4.78 is 23.4. The molecule has 0 saturated carbocycles. The minimum absolute atomic E-state index is 0.0410. The Kier molecular flexibility index (Phi) is 9.69. The zero-order chi connectivity index (χ0) is 37.5. The summed E-state index contributed by atoms with van der Waals surface area (Å²) in [6.07, 6.45) is 6.21. The van der Waals surface area contributed by atoms with Crippen LogP contribution in [0.15, 0.2) is 76.5 Å². The van der Waals surface area contributed by atoms with Crippen molar-refractivity contribution in [1.82, 2.24) is 29.3 Å². The number of carboxylic acid groups (broad SMARTS) is 1. The van der Waals surface area contributed by atoms with Gasteiger partial charge >= 0.3 is 5.97 Å². The first-order valence-electron chi connectivity index (χ1n) is 18.4. The first-order chi connectivity index (χ1) is 26.2. The Morgan fingerprint density at radius 3 is 2.52 bits per heavy atom. The van der Waals surface area contributed by atoms with Crippen LogP contribution in [-0.4, -0.2) is 91.4 Å². The van der Waals surface area contributed by atoms with E-state index in [9.17, 15) is 15.0 Å². The molecule has 278 valence electrons. The maximum atomic E-state index is 15.6. The topological polar surface area (TPSA) is 145 Å². The number of aliphatic hydroxyl groups excluding tert-OH is 1. The molecule has 0 unspecified atom stereocenters. The third kappa shape index (κ3) is 6.86. The Hall–Kier alpha value is -5.50. The Balaban J connectivity index is 1.06. The summed E-state index contributed by atoms with van der Waals surface area (Å²) in [7, 11) is 1.65. The fourth-order valence-corrected chi connectivity index (χ4v) is 7.88. The number of pyridine rings is 3. The number of nitrogens with one attached hydrogen (secondary N) is 1. The normalized spacial score (nSPS) is 18.4. The smallest absolute Gasteiger partial charge is 0.307 e. The largest absolute Gasteiger partial charge is 0.481 e. The van der Waals surface area contributed by atoms with Gasteiger partial charge in [0.2, 0.25) is 5.89 Å². The van der Waals surface area contributed by atoms with E-state index >= 15 is 4.39 Å². The van der Waals surface area contributed by atoms with Crippen molar-refractivity contribution in [3.8, 4) is 22.6 Å². The van der Waals surface area contributed by atoms with Gasteiger partial charge in [0.15, 0.2) is 28.2 Å². The molecule has 2 fully saturated rings. The molecule has 2 aliphatic rings. The van der Waals surface area contributed by atoms with Gasteiger partial charge in [0, 0.05) is 81.5 Å². The van der Waals surface area contributed by atoms with Crippen LogP contribution in [0.4, 0.5) is 15.9 Å². The SMILES string of the molecule is C/N=c1/c2nc(-c3cccc(-c4cccc(Nc5nccc6cc(CN7CC[C@@H](O)C7)cnc56)c4C)c3C)oc2c(F)cn1CCN1CC[C@@H](C(=O)O)C1. The number of benzene rings is 2. The molecule has 13 heteroatoms. The molecule has 8 rings (SSSR count). The standard InChI is InChI=1S/C41H43FN8O4/c1-24-30(31-7-5-9-34(25(31)2)46-38-35-27(10-13-44-38)18-26(19-45-35)20-49-15-12-29(51)22-49)6-4-8-32(24)40-47-36-37(54-40)33(42)23-50(39(36)43-3)17-16-48-14-11-28(21-48)41(52)53/h4-10,13,18-19,23,28-29,51H,11-12,14-17,20-22H2,1-3H3,(H,44,46)(H,52,53)/b43-39-/t28-,29-/m1/s1. The van der Waals surface area contributed by atoms with Gasteiger partial charge in [0.05, 0.1) is 12.0 Å². The zero-order valence-corrected chi connectivity index (χ0v) is 30.6. The summed E-state index contributed by atoms with van der Waals surface area (Å²) in [5.41, 5.74) is 8.32. The summed E-state index contributed by atoms with van der Waals surface area (Å²) >= 11 is 0. The Bertz CT molecular complexity index is 2460. The average Bonchev–Trinajstić information content (AvgIpc) is 3.93. The summed E-state index contributed by atoms with van der Waals surface area (Å²) in [5, 5.41) is 23.8. The van der Waals surface area contributed by atoms with Crippen LogP contribution < -0.4 is 10.8 Å². The van der Waals surface area contributed by atoms with Gasteiger partial charge in [0.25, 0.3) is 0 Å². The number of hydrogen-bond donors (Lipinski definition) is 3. The van der Waals surface area contributed by atoms with Gasteiger partial charge in [-0.3, -0.25) is 19.7 Å². The van der Waals surface area contributed by atoms with Crippen molar-refractivity contribution in [1.29, 1.82) is 0 Å². The zero-order valence-electron chi connectivity index (χ0n) is 30.6. The molecule has 2 aromatic carbocycles. The number of aromatic nitrogens is 4. The maximum Gasteiger partial charge on any atom is 0.307 e. The molecule has 6 heterocycles. The fourth-order valence-electron chi connectivity index (χ4n) is 7.88. The van der Waals surface area contributed by atoms with Crippen molar-refractivity contribution in [2.45, 2.75) is 45.9 Å². The van der Waals surface area contributed by atoms with E-state index in [-0.39, 0.29) is 17.6 Å². The molecule has 0 radical (unpaired) electrons. The molecule has 2 aliphatic heterocycles. The van der Waals surface area contributed by atoms with Crippen molar-refractivity contribution in [2.75, 3.05) is 45.1 Å². The lowest BCUT2D eigenvalue weighted by Gasteiger charge is -2.17. The number of nitrogens with zero attached hydrogens (tertiary/aromatic N) is 7. The van der Waals surface area contributed by atoms with Crippen LogP contribution in [0.3, 0.4) is 0 Å². The van der Waals surface area contributed by atoms with E-state index in [0.29, 0.717) is 61.9 Å². The Morgan fingerprint density at radius 1 is 0.981 bits per heavy atom. The molecule has 4 aromatic heterocycles. The second-order valence-corrected chi connectivity index (χ2v) is 14.4. The lowest BCUT2D eigenvalue weighted by atomic mass is 9.93. The van der Waals surface area contributed by atoms with Gasteiger partial charge in [-0.2, -0.15) is 0 Å². The van der Waals surface area contributed by atoms with E-state index in [4.69, 9.17) is 14.4 Å². The van der Waals surface area contributed by atoms with Crippen LogP contribution in [-0.2, 0) is 17.9 Å². The number of carbonyl (C=O) groups is 1. The number of aliphatic carboxylic acids is 1. The molecule has 12 nitrogen and oxygen atoms in total. The van der Waals surface area contributed by atoms with E-state index in [1.54, 1.807) is 17.8 Å². The summed E-state index contributed by atoms with van der Waals surface area (Å²) in [6.45, 7) is 8.55. The number of likely N-dealkylation sites (tertiary alicyclic amines) is 2. The van der Waals surface area contributed by atoms with Crippen LogP contribution in [0.1, 0.15) is 29.5 Å². The quantitative estimate of drug-likeness (QED) is 0.156. The minimum Gasteiger partial charge on any atom is -0.481 e. The van der Waals surface area contributed by atoms with Gasteiger partial charge in [-0.1, -0.05) is 24.3 Å². The molecule has 0 spiro atoms. The molecule has 2 atom stereocenters. The van der Waals surface area contributed by atoms with Crippen LogP contribution in [0.5, 0.6) is 0 Å². The molecular weight excluding hydrogens is 688 g/mol. The lowest BCUT2D eigenvalue weighted by Crippen LogP contribution is -2.31. The van der Waals surface area contributed by atoms with Gasteiger partial charge < -0.3 is 29.4 Å². The first-order valence-corrected chi connectivity index (χ1v) is 18.4. The van der Waals surface area contributed by atoms with Crippen molar-refractivity contribution in [3.05, 3.63) is 95.1 Å². The van der Waals surface area contributed by atoms with Crippen LogP contribution >= 0.6 is 0 Å². The Labute approximate surface area is 311 Å². The number of oxazole rings is 1. The molecule has 6 aromatic rings. The number of carboxylic acids is 1. The highest BCUT2D eigenvalue weighted by Gasteiger charge is 2.28. The van der Waals surface area contributed by atoms with Gasteiger partial charge in [-0.15, -0.1) is 0 Å². The monoisotopic (exact) mass is 730 g/mol. The number of hydrogen-bond acceptors (Lipinski definition) is 10. The Morgan fingerprint density at radius 2 is 1.76 bits per heavy atom. The molecule has 0 bridgehead atoms. The number of rotatable bonds is 10. The highest BCUT2D eigenvalue weighted by atomic mass is 19.1. The molecule has 0 amide bonds. The molecule has 0 aliphatic carbocycles. The number of aliphatic hydroxyl groups is 1. The van der Waals surface area contributed by atoms with Crippen LogP contribution in [0, 0.1) is 25.6 Å². The van der Waals surface area contributed by atoms with E-state index < -0.39 is 11.8 Å². The number of anilines is 2. The average molecular weight is 731 g/mol. The van der Waals surface area contributed by atoms with Gasteiger partial charge in [0.1, 0.15) is 5.52 Å². The third-order valence-electron chi connectivity index (χ3n) is 10.8. The van der Waals surface area contributed by atoms with Crippen molar-refractivity contribution in [2.24, 2.45) is 10.9 Å². The first kappa shape index (κ1) is 35.5. The third-order valence-corrected chi connectivity index (χ3v) is 10.8. The van der Waals surface area contributed by atoms with E-state index in [1.807, 2.05) is 43.5 Å². The van der Waals surface area contributed by atoms with E-state index in [1.165, 1.54) is 6.20 Å². The second-order valence-electron chi connectivity index (χ2n) is 14.4. The minimum atomic E-state index is -0.780. The summed E-state index contributed by atoms with van der Waals surface area (Å²) in [5.74, 6) is -0.734. The molecule has 3 N–H and O–H groups in total. The van der Waals surface area contributed by atoms with Crippen molar-refractivity contribution >= 4 is 39.5 Å². The molecular formula is C41H43FN8O4. The number of fused-ring (bicyclic) bond motifs is 2. The predicted octanol–water partition coefficient (Wildman–Crippen LogP) is 5.91.